The van der Waals surface area contributed by atoms with Crippen LogP contribution in [0, 0.1) is 0 Å². The van der Waals surface area contributed by atoms with Crippen LogP contribution in [-0.4, -0.2) is 30.9 Å². The van der Waals surface area contributed by atoms with Crippen molar-refractivity contribution < 1.29 is 14.3 Å². The zero-order valence-corrected chi connectivity index (χ0v) is 8.56. The number of methoxy groups -OCH3 is 1. The lowest BCUT2D eigenvalue weighted by Gasteiger charge is -2.17. The van der Waals surface area contributed by atoms with Crippen molar-refractivity contribution in [2.45, 2.75) is 6.04 Å². The number of rotatable bonds is 1. The van der Waals surface area contributed by atoms with Gasteiger partial charge in [-0.3, -0.25) is 4.79 Å². The smallest absolute Gasteiger partial charge is 0.333 e. The van der Waals surface area contributed by atoms with Crippen molar-refractivity contribution in [1.82, 2.24) is 4.90 Å². The largest absolute Gasteiger partial charge is 0.467 e. The number of carbonyl (C=O) groups excluding carboxylic acids is 2. The summed E-state index contributed by atoms with van der Waals surface area (Å²) in [4.78, 5) is 24.7. The lowest BCUT2D eigenvalue weighted by atomic mass is 10.1. The minimum absolute atomic E-state index is 0.138. The molecule has 4 nitrogen and oxygen atoms in total. The van der Waals surface area contributed by atoms with Crippen molar-refractivity contribution in [2.24, 2.45) is 0 Å². The van der Waals surface area contributed by atoms with E-state index in [0.717, 1.165) is 5.56 Å². The minimum Gasteiger partial charge on any atom is -0.467 e. The van der Waals surface area contributed by atoms with Crippen molar-refractivity contribution in [1.29, 1.82) is 0 Å². The third kappa shape index (κ3) is 1.29. The number of likely N-dealkylation sites (N-methyl/N-ethyl adjacent to an activating group) is 1. The molecule has 0 aromatic heterocycles. The number of hydrogen-bond donors (Lipinski definition) is 0. The average molecular weight is 205 g/mol. The molecular formula is C11H11NO3. The van der Waals surface area contributed by atoms with Crippen molar-refractivity contribution >= 4 is 11.9 Å². The van der Waals surface area contributed by atoms with Crippen LogP contribution in [0.25, 0.3) is 0 Å². The van der Waals surface area contributed by atoms with Gasteiger partial charge in [-0.1, -0.05) is 18.2 Å². The normalized spacial score (nSPS) is 18.9. The number of ether oxygens (including phenoxy) is 1. The standard InChI is InChI=1S/C11H11NO3/c1-12-9(11(14)15-2)7-5-3-4-6-8(7)10(12)13/h3-6,9H,1-2H3. The first kappa shape index (κ1) is 9.71. The van der Waals surface area contributed by atoms with Gasteiger partial charge >= 0.3 is 5.97 Å². The fraction of sp³-hybridized carbons (Fsp3) is 0.273. The van der Waals surface area contributed by atoms with E-state index in [4.69, 9.17) is 0 Å². The van der Waals surface area contributed by atoms with Gasteiger partial charge in [-0.05, 0) is 11.6 Å². The highest BCUT2D eigenvalue weighted by atomic mass is 16.5. The van der Waals surface area contributed by atoms with Crippen LogP contribution in [0.15, 0.2) is 24.3 Å². The fourth-order valence-corrected chi connectivity index (χ4v) is 1.84. The quantitative estimate of drug-likeness (QED) is 0.642. The zero-order chi connectivity index (χ0) is 11.0. The number of benzene rings is 1. The molecule has 0 N–H and O–H groups in total. The van der Waals surface area contributed by atoms with Crippen LogP contribution in [0.2, 0.25) is 0 Å². The third-order valence-corrected chi connectivity index (χ3v) is 2.62. The summed E-state index contributed by atoms with van der Waals surface area (Å²) in [5, 5.41) is 0. The van der Waals surface area contributed by atoms with Gasteiger partial charge in [-0.2, -0.15) is 0 Å². The molecule has 1 aliphatic rings. The Morgan fingerprint density at radius 1 is 1.40 bits per heavy atom. The van der Waals surface area contributed by atoms with Crippen molar-refractivity contribution in [3.63, 3.8) is 0 Å². The van der Waals surface area contributed by atoms with Gasteiger partial charge in [-0.15, -0.1) is 0 Å². The molecule has 2 rings (SSSR count). The van der Waals surface area contributed by atoms with Crippen LogP contribution < -0.4 is 0 Å². The molecule has 1 aromatic rings. The molecule has 0 saturated heterocycles. The van der Waals surface area contributed by atoms with Crippen LogP contribution in [0.4, 0.5) is 0 Å². The maximum Gasteiger partial charge on any atom is 0.333 e. The molecule has 1 unspecified atom stereocenters. The summed E-state index contributed by atoms with van der Waals surface area (Å²) in [5.74, 6) is -0.545. The number of fused-ring (bicyclic) bond motifs is 1. The molecule has 0 saturated carbocycles. The first-order valence-corrected chi connectivity index (χ1v) is 4.60. The molecule has 0 bridgehead atoms. The summed E-state index contributed by atoms with van der Waals surface area (Å²) >= 11 is 0. The highest BCUT2D eigenvalue weighted by Gasteiger charge is 2.39. The summed E-state index contributed by atoms with van der Waals surface area (Å²) in [6, 6.07) is 6.49. The van der Waals surface area contributed by atoms with E-state index >= 15 is 0 Å². The van der Waals surface area contributed by atoms with Crippen LogP contribution in [0.1, 0.15) is 22.0 Å². The van der Waals surface area contributed by atoms with Gasteiger partial charge < -0.3 is 9.64 Å². The molecule has 0 spiro atoms. The van der Waals surface area contributed by atoms with Crippen LogP contribution in [0.3, 0.4) is 0 Å². The average Bonchev–Trinajstić information content (AvgIpc) is 2.52. The van der Waals surface area contributed by atoms with Gasteiger partial charge in [-0.25, -0.2) is 4.79 Å². The van der Waals surface area contributed by atoms with Crippen LogP contribution >= 0.6 is 0 Å². The molecule has 0 radical (unpaired) electrons. The summed E-state index contributed by atoms with van der Waals surface area (Å²) < 4.78 is 4.68. The molecule has 1 atom stereocenters. The van der Waals surface area contributed by atoms with Gasteiger partial charge in [0.2, 0.25) is 0 Å². The van der Waals surface area contributed by atoms with Crippen molar-refractivity contribution in [2.75, 3.05) is 14.2 Å². The first-order chi connectivity index (χ1) is 7.16. The summed E-state index contributed by atoms with van der Waals surface area (Å²) in [6.45, 7) is 0. The summed E-state index contributed by atoms with van der Waals surface area (Å²) in [6.07, 6.45) is 0. The Bertz CT molecular complexity index is 428. The van der Waals surface area contributed by atoms with Crippen LogP contribution in [0.5, 0.6) is 0 Å². The second-order valence-corrected chi connectivity index (χ2v) is 3.43. The van der Waals surface area contributed by atoms with E-state index < -0.39 is 12.0 Å². The fourth-order valence-electron chi connectivity index (χ4n) is 1.84. The predicted octanol–water partition coefficient (Wildman–Crippen LogP) is 0.986. The molecule has 15 heavy (non-hydrogen) atoms. The van der Waals surface area contributed by atoms with E-state index in [0.29, 0.717) is 5.56 Å². The third-order valence-electron chi connectivity index (χ3n) is 2.62. The van der Waals surface area contributed by atoms with Gasteiger partial charge in [0.25, 0.3) is 5.91 Å². The Kier molecular flexibility index (Phi) is 2.19. The molecule has 1 amide bonds. The highest BCUT2D eigenvalue weighted by Crippen LogP contribution is 2.32. The van der Waals surface area contributed by atoms with E-state index in [1.165, 1.54) is 12.0 Å². The number of hydrogen-bond acceptors (Lipinski definition) is 3. The second-order valence-electron chi connectivity index (χ2n) is 3.43. The van der Waals surface area contributed by atoms with Gasteiger partial charge in [0.05, 0.1) is 7.11 Å². The number of amides is 1. The van der Waals surface area contributed by atoms with E-state index in [2.05, 4.69) is 4.74 Å². The van der Waals surface area contributed by atoms with Crippen molar-refractivity contribution in [3.05, 3.63) is 35.4 Å². The van der Waals surface area contributed by atoms with Crippen molar-refractivity contribution in [3.8, 4) is 0 Å². The lowest BCUT2D eigenvalue weighted by Crippen LogP contribution is -2.29. The first-order valence-electron chi connectivity index (χ1n) is 4.60. The topological polar surface area (TPSA) is 46.6 Å². The summed E-state index contributed by atoms with van der Waals surface area (Å²) in [5.41, 5.74) is 1.30. The van der Waals surface area contributed by atoms with E-state index in [1.807, 2.05) is 0 Å². The molecule has 0 fully saturated rings. The maximum atomic E-state index is 11.7. The molecule has 0 aliphatic carbocycles. The Labute approximate surface area is 87.4 Å². The monoisotopic (exact) mass is 205 g/mol. The maximum absolute atomic E-state index is 11.7. The lowest BCUT2D eigenvalue weighted by molar-refractivity contribution is -0.145. The molecule has 1 aromatic carbocycles. The Morgan fingerprint density at radius 2 is 2.07 bits per heavy atom. The SMILES string of the molecule is COC(=O)C1c2ccccc2C(=O)N1C. The van der Waals surface area contributed by atoms with Gasteiger partial charge in [0, 0.05) is 12.6 Å². The van der Waals surface area contributed by atoms with Crippen LogP contribution in [-0.2, 0) is 9.53 Å². The highest BCUT2D eigenvalue weighted by molar-refractivity contribution is 6.03. The Balaban J connectivity index is 2.51. The number of nitrogens with zero attached hydrogens (tertiary/aromatic N) is 1. The molecular weight excluding hydrogens is 194 g/mol. The van der Waals surface area contributed by atoms with Gasteiger partial charge in [0.15, 0.2) is 6.04 Å². The molecule has 1 heterocycles. The second kappa shape index (κ2) is 3.38. The van der Waals surface area contributed by atoms with E-state index in [9.17, 15) is 9.59 Å². The Hall–Kier alpha value is -1.84. The Morgan fingerprint density at radius 3 is 2.73 bits per heavy atom. The summed E-state index contributed by atoms with van der Waals surface area (Å²) in [7, 11) is 2.92. The molecule has 1 aliphatic heterocycles. The zero-order valence-electron chi connectivity index (χ0n) is 8.56. The molecule has 4 heteroatoms. The molecule has 78 valence electrons. The van der Waals surface area contributed by atoms with Gasteiger partial charge in [0.1, 0.15) is 0 Å². The predicted molar refractivity (Wildman–Crippen MR) is 53.3 cm³/mol. The number of carbonyl (C=O) groups is 2. The van der Waals surface area contributed by atoms with E-state index in [-0.39, 0.29) is 5.91 Å². The number of esters is 1. The minimum atomic E-state index is -0.598. The van der Waals surface area contributed by atoms with E-state index in [1.54, 1.807) is 31.3 Å².